The van der Waals surface area contributed by atoms with Gasteiger partial charge in [-0.25, -0.2) is 17.7 Å². The number of sulfonamides is 1. The monoisotopic (exact) mass is 437 g/mol. The van der Waals surface area contributed by atoms with Crippen molar-refractivity contribution < 1.29 is 13.2 Å². The lowest BCUT2D eigenvalue weighted by atomic mass is 10.1. The van der Waals surface area contributed by atoms with E-state index in [2.05, 4.69) is 4.98 Å². The smallest absolute Gasteiger partial charge is 0.269 e. The largest absolute Gasteiger partial charge is 0.297 e. The highest BCUT2D eigenvalue weighted by Crippen LogP contribution is 2.31. The summed E-state index contributed by atoms with van der Waals surface area (Å²) in [5, 5.41) is 2.39. The summed E-state index contributed by atoms with van der Waals surface area (Å²) < 4.78 is 27.6. The Kier molecular flexibility index (Phi) is 4.30. The summed E-state index contributed by atoms with van der Waals surface area (Å²) in [7, 11) is -3.91. The number of hydrogen-bond donors (Lipinski definition) is 0. The van der Waals surface area contributed by atoms with Crippen molar-refractivity contribution in [2.75, 3.05) is 6.54 Å². The number of benzene rings is 2. The van der Waals surface area contributed by atoms with Gasteiger partial charge in [0.25, 0.3) is 21.5 Å². The highest BCUT2D eigenvalue weighted by atomic mass is 32.2. The van der Waals surface area contributed by atoms with Gasteiger partial charge >= 0.3 is 0 Å². The number of amides is 1. The van der Waals surface area contributed by atoms with Gasteiger partial charge in [-0.05, 0) is 17.7 Å². The van der Waals surface area contributed by atoms with Crippen LogP contribution in [-0.2, 0) is 16.6 Å². The maximum atomic E-state index is 13.1. The molecule has 0 aliphatic carbocycles. The minimum atomic E-state index is -3.91. The molecule has 0 fully saturated rings. The minimum absolute atomic E-state index is 0.000113. The zero-order valence-corrected chi connectivity index (χ0v) is 17.2. The van der Waals surface area contributed by atoms with Gasteiger partial charge in [0.15, 0.2) is 0 Å². The first-order valence-corrected chi connectivity index (χ1v) is 11.5. The van der Waals surface area contributed by atoms with E-state index in [4.69, 9.17) is 0 Å². The standard InChI is InChI=1S/C21H15N3O4S2/c25-20-15-8-4-5-9-17(15)30(27,28)24(20)11-10-23-13-22-19-18(21(23)26)16(12-29-19)14-6-2-1-3-7-14/h1-9,12-13H,10-11H2. The van der Waals surface area contributed by atoms with E-state index in [1.54, 1.807) is 12.1 Å². The van der Waals surface area contributed by atoms with Crippen molar-refractivity contribution in [2.24, 2.45) is 0 Å². The van der Waals surface area contributed by atoms with Crippen LogP contribution < -0.4 is 5.56 Å². The molecule has 30 heavy (non-hydrogen) atoms. The summed E-state index contributed by atoms with van der Waals surface area (Å²) in [6.45, 7) is -0.126. The van der Waals surface area contributed by atoms with E-state index in [0.29, 0.717) is 10.2 Å². The van der Waals surface area contributed by atoms with E-state index >= 15 is 0 Å². The van der Waals surface area contributed by atoms with Crippen molar-refractivity contribution in [3.8, 4) is 11.1 Å². The third kappa shape index (κ3) is 2.78. The SMILES string of the molecule is O=C1c2ccccc2S(=O)(=O)N1CCn1cnc2scc(-c3ccccc3)c2c1=O. The molecule has 2 aromatic heterocycles. The third-order valence-corrected chi connectivity index (χ3v) is 7.83. The fraction of sp³-hybridized carbons (Fsp3) is 0.0952. The molecule has 0 N–H and O–H groups in total. The van der Waals surface area contributed by atoms with Gasteiger partial charge in [0, 0.05) is 17.5 Å². The fourth-order valence-electron chi connectivity index (χ4n) is 3.61. The summed E-state index contributed by atoms with van der Waals surface area (Å²) in [5.74, 6) is -0.576. The number of hydrogen-bond acceptors (Lipinski definition) is 6. The number of rotatable bonds is 4. The van der Waals surface area contributed by atoms with Crippen molar-refractivity contribution in [1.82, 2.24) is 13.9 Å². The topological polar surface area (TPSA) is 89.3 Å². The molecular weight excluding hydrogens is 422 g/mol. The van der Waals surface area contributed by atoms with Gasteiger partial charge in [-0.15, -0.1) is 11.3 Å². The van der Waals surface area contributed by atoms with Crippen LogP contribution in [-0.4, -0.2) is 34.7 Å². The Morgan fingerprint density at radius 1 is 0.900 bits per heavy atom. The zero-order valence-electron chi connectivity index (χ0n) is 15.6. The van der Waals surface area contributed by atoms with E-state index in [1.165, 1.54) is 34.4 Å². The minimum Gasteiger partial charge on any atom is -0.297 e. The summed E-state index contributed by atoms with van der Waals surface area (Å²) in [4.78, 5) is 30.7. The number of aromatic nitrogens is 2. The molecule has 1 aliphatic rings. The van der Waals surface area contributed by atoms with Gasteiger partial charge in [-0.1, -0.05) is 42.5 Å². The van der Waals surface area contributed by atoms with Crippen molar-refractivity contribution in [3.05, 3.63) is 82.2 Å². The lowest BCUT2D eigenvalue weighted by molar-refractivity contribution is 0.0868. The van der Waals surface area contributed by atoms with Crippen molar-refractivity contribution in [2.45, 2.75) is 11.4 Å². The lowest BCUT2D eigenvalue weighted by Crippen LogP contribution is -2.35. The van der Waals surface area contributed by atoms with Gasteiger partial charge in [0.1, 0.15) is 9.73 Å². The second kappa shape index (κ2) is 6.89. The van der Waals surface area contributed by atoms with E-state index in [9.17, 15) is 18.0 Å². The van der Waals surface area contributed by atoms with Crippen LogP contribution in [0.1, 0.15) is 10.4 Å². The summed E-state index contributed by atoms with van der Waals surface area (Å²) in [6, 6.07) is 15.7. The molecule has 0 unspecified atom stereocenters. The van der Waals surface area contributed by atoms with Crippen LogP contribution in [0.2, 0.25) is 0 Å². The predicted octanol–water partition coefficient (Wildman–Crippen LogP) is 2.97. The number of thiophene rings is 1. The molecule has 1 amide bonds. The number of carbonyl (C=O) groups excluding carboxylic acids is 1. The highest BCUT2D eigenvalue weighted by molar-refractivity contribution is 7.90. The molecular formula is C21H15N3O4S2. The molecule has 2 aromatic carbocycles. The number of nitrogens with zero attached hydrogens (tertiary/aromatic N) is 3. The fourth-order valence-corrected chi connectivity index (χ4v) is 6.07. The van der Waals surface area contributed by atoms with Crippen LogP contribution in [0.3, 0.4) is 0 Å². The molecule has 0 saturated heterocycles. The van der Waals surface area contributed by atoms with E-state index < -0.39 is 15.9 Å². The van der Waals surface area contributed by atoms with Crippen molar-refractivity contribution in [1.29, 1.82) is 0 Å². The highest BCUT2D eigenvalue weighted by Gasteiger charge is 2.40. The van der Waals surface area contributed by atoms with Crippen LogP contribution in [0.15, 0.2) is 76.0 Å². The molecule has 5 rings (SSSR count). The van der Waals surface area contributed by atoms with Crippen LogP contribution in [0, 0.1) is 0 Å². The van der Waals surface area contributed by atoms with Gasteiger partial charge < -0.3 is 0 Å². The molecule has 1 aliphatic heterocycles. The van der Waals surface area contributed by atoms with Gasteiger partial charge in [0.2, 0.25) is 0 Å². The third-order valence-electron chi connectivity index (χ3n) is 5.10. The average Bonchev–Trinajstić information content (AvgIpc) is 3.27. The van der Waals surface area contributed by atoms with Crippen molar-refractivity contribution in [3.63, 3.8) is 0 Å². The molecule has 0 bridgehead atoms. The second-order valence-electron chi connectivity index (χ2n) is 6.82. The molecule has 0 spiro atoms. The Hall–Kier alpha value is -3.30. The first-order chi connectivity index (χ1) is 14.5. The molecule has 0 radical (unpaired) electrons. The number of carbonyl (C=O) groups is 1. The quantitative estimate of drug-likeness (QED) is 0.490. The van der Waals surface area contributed by atoms with Gasteiger partial charge in [-0.2, -0.15) is 0 Å². The van der Waals surface area contributed by atoms with E-state index in [0.717, 1.165) is 15.4 Å². The molecule has 3 heterocycles. The van der Waals surface area contributed by atoms with Crippen LogP contribution in [0.5, 0.6) is 0 Å². The Morgan fingerprint density at radius 2 is 1.63 bits per heavy atom. The second-order valence-corrected chi connectivity index (χ2v) is 9.51. The predicted molar refractivity (Wildman–Crippen MR) is 114 cm³/mol. The van der Waals surface area contributed by atoms with Crippen LogP contribution in [0.4, 0.5) is 0 Å². The average molecular weight is 438 g/mol. The van der Waals surface area contributed by atoms with Gasteiger partial charge in [0.05, 0.1) is 23.8 Å². The number of fused-ring (bicyclic) bond motifs is 2. The maximum absolute atomic E-state index is 13.1. The molecule has 9 heteroatoms. The Labute approximate surface area is 175 Å². The maximum Gasteiger partial charge on any atom is 0.269 e. The zero-order chi connectivity index (χ0) is 20.9. The molecule has 4 aromatic rings. The normalized spacial score (nSPS) is 14.9. The van der Waals surface area contributed by atoms with Gasteiger partial charge in [-0.3, -0.25) is 14.2 Å². The first-order valence-electron chi connectivity index (χ1n) is 9.16. The summed E-state index contributed by atoms with van der Waals surface area (Å²) in [6.07, 6.45) is 1.40. The molecule has 0 atom stereocenters. The Morgan fingerprint density at radius 3 is 2.40 bits per heavy atom. The summed E-state index contributed by atoms with van der Waals surface area (Å²) >= 11 is 1.38. The van der Waals surface area contributed by atoms with E-state index in [-0.39, 0.29) is 29.1 Å². The van der Waals surface area contributed by atoms with Crippen LogP contribution in [0.25, 0.3) is 21.3 Å². The van der Waals surface area contributed by atoms with E-state index in [1.807, 2.05) is 35.7 Å². The summed E-state index contributed by atoms with van der Waals surface area (Å²) in [5.41, 5.74) is 1.59. The lowest BCUT2D eigenvalue weighted by Gasteiger charge is -2.15. The van der Waals surface area contributed by atoms with Crippen molar-refractivity contribution >= 4 is 37.5 Å². The van der Waals surface area contributed by atoms with Crippen LogP contribution >= 0.6 is 11.3 Å². The Balaban J connectivity index is 1.50. The first kappa shape index (κ1) is 18.7. The molecule has 150 valence electrons. The Bertz CT molecular complexity index is 1460. The molecule has 7 nitrogen and oxygen atoms in total. The molecule has 0 saturated carbocycles.